The molecule has 0 bridgehead atoms. The number of para-hydroxylation sites is 9. The molecule has 4 aliphatic rings. The van der Waals surface area contributed by atoms with Gasteiger partial charge in [0.25, 0.3) is 13.4 Å². The van der Waals surface area contributed by atoms with Gasteiger partial charge in [0.05, 0.1) is 33.1 Å². The highest BCUT2D eigenvalue weighted by Crippen LogP contribution is 2.52. The van der Waals surface area contributed by atoms with Crippen LogP contribution in [0, 0.1) is 0 Å². The Bertz CT molecular complexity index is 4890. The Kier molecular flexibility index (Phi) is 9.03. The first-order valence-electron chi connectivity index (χ1n) is 27.7. The van der Waals surface area contributed by atoms with Crippen molar-refractivity contribution in [2.75, 3.05) is 14.7 Å². The zero-order chi connectivity index (χ0) is 52.2. The Morgan fingerprint density at radius 1 is 0.275 bits per heavy atom. The van der Waals surface area contributed by atoms with Gasteiger partial charge in [-0.1, -0.05) is 170 Å². The van der Waals surface area contributed by atoms with E-state index in [0.717, 1.165) is 101 Å². The molecule has 0 saturated carbocycles. The fourth-order valence-electron chi connectivity index (χ4n) is 14.4. The summed E-state index contributed by atoms with van der Waals surface area (Å²) in [5.41, 5.74) is 24.3. The molecular formula is C72H45B2N5O. The zero-order valence-corrected chi connectivity index (χ0v) is 43.3. The van der Waals surface area contributed by atoms with Crippen LogP contribution in [-0.4, -0.2) is 22.6 Å². The quantitative estimate of drug-likeness (QED) is 0.161. The highest BCUT2D eigenvalue weighted by Gasteiger charge is 2.49. The first-order valence-corrected chi connectivity index (χ1v) is 27.7. The molecule has 6 nitrogen and oxygen atoms in total. The van der Waals surface area contributed by atoms with Crippen LogP contribution in [-0.2, 0) is 0 Å². The van der Waals surface area contributed by atoms with Crippen LogP contribution < -0.4 is 52.2 Å². The number of nitrogens with zero attached hydrogens (tertiary/aromatic N) is 5. The van der Waals surface area contributed by atoms with Crippen molar-refractivity contribution in [1.29, 1.82) is 0 Å². The number of aromatic nitrogens is 2. The number of anilines is 9. The van der Waals surface area contributed by atoms with Crippen molar-refractivity contribution in [2.45, 2.75) is 0 Å². The molecule has 370 valence electrons. The molecule has 8 heteroatoms. The number of fused-ring (bicyclic) bond motifs is 16. The third kappa shape index (κ3) is 5.88. The molecule has 0 radical (unpaired) electrons. The molecule has 0 fully saturated rings. The van der Waals surface area contributed by atoms with Gasteiger partial charge in [0.1, 0.15) is 11.5 Å². The summed E-state index contributed by atoms with van der Waals surface area (Å²) >= 11 is 0. The predicted octanol–water partition coefficient (Wildman–Crippen LogP) is 14.4. The van der Waals surface area contributed by atoms with Gasteiger partial charge in [-0.2, -0.15) is 0 Å². The number of benzene rings is 12. The molecule has 0 unspecified atom stereocenters. The van der Waals surface area contributed by atoms with Crippen LogP contribution in [0.4, 0.5) is 51.2 Å². The predicted molar refractivity (Wildman–Crippen MR) is 335 cm³/mol. The van der Waals surface area contributed by atoms with E-state index in [1.165, 1.54) is 49.5 Å². The topological polar surface area (TPSA) is 28.8 Å². The maximum absolute atomic E-state index is 7.92. The molecule has 80 heavy (non-hydrogen) atoms. The minimum absolute atomic E-state index is 0.147. The Morgan fingerprint density at radius 2 is 0.688 bits per heavy atom. The Hall–Kier alpha value is -10.4. The van der Waals surface area contributed by atoms with Crippen LogP contribution in [0.15, 0.2) is 273 Å². The highest BCUT2D eigenvalue weighted by molar-refractivity contribution is 7.03. The minimum Gasteiger partial charge on any atom is -0.458 e. The average Bonchev–Trinajstić information content (AvgIpc) is 3.43. The lowest BCUT2D eigenvalue weighted by Crippen LogP contribution is -2.64. The smallest absolute Gasteiger partial charge is 0.256 e. The summed E-state index contributed by atoms with van der Waals surface area (Å²) in [6.45, 7) is -0.308. The van der Waals surface area contributed by atoms with E-state index in [2.05, 4.69) is 297 Å². The lowest BCUT2D eigenvalue weighted by atomic mass is 9.30. The summed E-state index contributed by atoms with van der Waals surface area (Å²) < 4.78 is 12.8. The first-order chi connectivity index (χ1) is 39.8. The van der Waals surface area contributed by atoms with E-state index in [0.29, 0.717) is 0 Å². The van der Waals surface area contributed by atoms with Crippen LogP contribution in [0.1, 0.15) is 0 Å². The number of hydrogen-bond donors (Lipinski definition) is 0. The van der Waals surface area contributed by atoms with Gasteiger partial charge in [0, 0.05) is 79.1 Å². The summed E-state index contributed by atoms with van der Waals surface area (Å²) in [5, 5.41) is 4.67. The van der Waals surface area contributed by atoms with Crippen LogP contribution in [0.2, 0.25) is 0 Å². The van der Waals surface area contributed by atoms with Crippen molar-refractivity contribution in [2.24, 2.45) is 0 Å². The fourth-order valence-corrected chi connectivity index (χ4v) is 14.4. The molecule has 18 rings (SSSR count). The van der Waals surface area contributed by atoms with Crippen molar-refractivity contribution >= 4 is 141 Å². The largest absolute Gasteiger partial charge is 0.458 e. The third-order valence-corrected chi connectivity index (χ3v) is 17.5. The van der Waals surface area contributed by atoms with Crippen LogP contribution >= 0.6 is 0 Å². The monoisotopic (exact) mass is 1020 g/mol. The maximum atomic E-state index is 7.92. The lowest BCUT2D eigenvalue weighted by molar-refractivity contribution is 0.493. The lowest BCUT2D eigenvalue weighted by Gasteiger charge is -2.45. The molecule has 14 aromatic rings. The van der Waals surface area contributed by atoms with Crippen LogP contribution in [0.3, 0.4) is 0 Å². The van der Waals surface area contributed by atoms with E-state index < -0.39 is 0 Å². The number of rotatable bonds is 5. The number of ether oxygens (including phenoxy) is 1. The second-order valence-corrected chi connectivity index (χ2v) is 21.5. The summed E-state index contributed by atoms with van der Waals surface area (Å²) in [6, 6.07) is 100. The average molecular weight is 1020 g/mol. The van der Waals surface area contributed by atoms with Crippen molar-refractivity contribution < 1.29 is 4.74 Å². The van der Waals surface area contributed by atoms with Crippen molar-refractivity contribution in [3.8, 4) is 22.9 Å². The summed E-state index contributed by atoms with van der Waals surface area (Å²) in [6.07, 6.45) is 0. The number of hydrogen-bond acceptors (Lipinski definition) is 4. The minimum atomic E-state index is -0.162. The molecule has 0 amide bonds. The standard InChI is InChI=1S/C72H45B2N5O/c1-6-24-46(25-7-1)75-57-38-20-16-34-51(57)67-62(75)43-64-69-71(67)79(50-32-14-5-15-33-50)61-45-66-56(42-55(61)73(69)53-36-18-22-40-59(53)77(64)48-28-10-3-11-29-48)74-54-37-19-23-41-60(54)78(49-30-12-4-13-31-49)65-44-63-68(72(80-66)70(65)74)52-35-17-21-39-58(52)76(63)47-26-8-2-9-27-47/h1-45H. The third-order valence-electron chi connectivity index (χ3n) is 17.5. The van der Waals surface area contributed by atoms with Gasteiger partial charge in [0.2, 0.25) is 0 Å². The molecule has 2 aromatic heterocycles. The molecular weight excluding hydrogens is 972 g/mol. The highest BCUT2D eigenvalue weighted by atomic mass is 16.5. The van der Waals surface area contributed by atoms with E-state index >= 15 is 0 Å². The van der Waals surface area contributed by atoms with E-state index in [4.69, 9.17) is 4.74 Å². The van der Waals surface area contributed by atoms with Gasteiger partial charge < -0.3 is 28.6 Å². The van der Waals surface area contributed by atoms with Crippen molar-refractivity contribution in [3.63, 3.8) is 0 Å². The molecule has 12 aromatic carbocycles. The van der Waals surface area contributed by atoms with Gasteiger partial charge >= 0.3 is 0 Å². The van der Waals surface area contributed by atoms with Gasteiger partial charge in [-0.05, 0) is 130 Å². The van der Waals surface area contributed by atoms with Crippen LogP contribution in [0.25, 0.3) is 55.0 Å². The Balaban J connectivity index is 0.991. The van der Waals surface area contributed by atoms with Gasteiger partial charge in [-0.15, -0.1) is 0 Å². The second kappa shape index (κ2) is 16.5. The van der Waals surface area contributed by atoms with E-state index in [1.807, 2.05) is 0 Å². The molecule has 0 aliphatic carbocycles. The van der Waals surface area contributed by atoms with Gasteiger partial charge in [-0.25, -0.2) is 0 Å². The zero-order valence-electron chi connectivity index (χ0n) is 43.3. The Labute approximate surface area is 463 Å². The fraction of sp³-hybridized carbons (Fsp3) is 0. The first kappa shape index (κ1) is 43.6. The SMILES string of the molecule is c1ccc(N2c3ccccc3B3c4cc5c(cc4Oc4c3c2cc2c4c3ccccc3n2-c2ccccc2)N(c2ccccc2)c2c3c(cc4c2c2ccccc2n4-c2ccccc2)N(c2ccccc2)c2ccccc2B53)cc1. The van der Waals surface area contributed by atoms with Gasteiger partial charge in [0.15, 0.2) is 0 Å². The molecule has 0 spiro atoms. The molecule has 0 saturated heterocycles. The maximum Gasteiger partial charge on any atom is 0.256 e. The Morgan fingerprint density at radius 3 is 1.23 bits per heavy atom. The molecule has 4 aliphatic heterocycles. The van der Waals surface area contributed by atoms with Crippen LogP contribution in [0.5, 0.6) is 11.5 Å². The van der Waals surface area contributed by atoms with E-state index in [1.54, 1.807) is 0 Å². The second-order valence-electron chi connectivity index (χ2n) is 21.5. The summed E-state index contributed by atoms with van der Waals surface area (Å²) in [4.78, 5) is 7.56. The summed E-state index contributed by atoms with van der Waals surface area (Å²) in [7, 11) is 0. The van der Waals surface area contributed by atoms with Crippen molar-refractivity contribution in [3.05, 3.63) is 273 Å². The molecule has 0 atom stereocenters. The van der Waals surface area contributed by atoms with Gasteiger partial charge in [-0.3, -0.25) is 0 Å². The molecule has 6 heterocycles. The summed E-state index contributed by atoms with van der Waals surface area (Å²) in [5.74, 6) is 1.76. The van der Waals surface area contributed by atoms with E-state index in [-0.39, 0.29) is 13.4 Å². The van der Waals surface area contributed by atoms with Crippen molar-refractivity contribution in [1.82, 2.24) is 9.13 Å². The normalized spacial score (nSPS) is 13.5. The van der Waals surface area contributed by atoms with E-state index in [9.17, 15) is 0 Å². The molecule has 0 N–H and O–H groups in total.